The van der Waals surface area contributed by atoms with Crippen LogP contribution in [-0.4, -0.2) is 6.04 Å². The maximum atomic E-state index is 5.75. The number of rotatable bonds is 4. The lowest BCUT2D eigenvalue weighted by Crippen LogP contribution is -2.40. The van der Waals surface area contributed by atoms with Gasteiger partial charge < -0.3 is 0 Å². The molecule has 0 radical (unpaired) electrons. The van der Waals surface area contributed by atoms with Crippen molar-refractivity contribution in [3.63, 3.8) is 0 Å². The molecule has 0 amide bonds. The molecule has 1 aliphatic rings. The van der Waals surface area contributed by atoms with Gasteiger partial charge in [0.2, 0.25) is 0 Å². The van der Waals surface area contributed by atoms with Crippen LogP contribution in [0.1, 0.15) is 32.6 Å². The van der Waals surface area contributed by atoms with Crippen molar-refractivity contribution in [2.75, 3.05) is 0 Å². The molecule has 1 aromatic heterocycles. The second-order valence-corrected chi connectivity index (χ2v) is 8.65. The molecular formula is C13H21BrN2S. The van der Waals surface area contributed by atoms with E-state index in [1.54, 1.807) is 11.3 Å². The lowest BCUT2D eigenvalue weighted by Gasteiger charge is -2.17. The highest BCUT2D eigenvalue weighted by molar-refractivity contribution is 9.11. The maximum Gasteiger partial charge on any atom is 0.0701 e. The van der Waals surface area contributed by atoms with Crippen LogP contribution in [0.15, 0.2) is 15.9 Å². The van der Waals surface area contributed by atoms with Crippen LogP contribution in [0.25, 0.3) is 0 Å². The zero-order chi connectivity index (χ0) is 12.8. The molecule has 1 saturated carbocycles. The highest BCUT2D eigenvalue weighted by atomic mass is 79.9. The number of nitrogens with one attached hydrogen (secondary N) is 1. The summed E-state index contributed by atoms with van der Waals surface area (Å²) in [6.45, 7) is 9.36. The van der Waals surface area contributed by atoms with E-state index in [1.165, 1.54) is 8.66 Å². The molecule has 0 aromatic carbocycles. The molecule has 2 rings (SSSR count). The summed E-state index contributed by atoms with van der Waals surface area (Å²) < 4.78 is 1.19. The van der Waals surface area contributed by atoms with E-state index in [0.717, 1.165) is 6.42 Å². The molecule has 1 aliphatic carbocycles. The molecule has 96 valence electrons. The molecule has 1 aromatic rings. The summed E-state index contributed by atoms with van der Waals surface area (Å²) in [6, 6.07) is 4.66. The van der Waals surface area contributed by atoms with Crippen LogP contribution in [0.3, 0.4) is 0 Å². The summed E-state index contributed by atoms with van der Waals surface area (Å²) in [5.41, 5.74) is 3.77. The van der Waals surface area contributed by atoms with Gasteiger partial charge in [0.25, 0.3) is 0 Å². The fourth-order valence-electron chi connectivity index (χ4n) is 3.20. The summed E-state index contributed by atoms with van der Waals surface area (Å²) in [6.07, 6.45) is 1.02. The Labute approximate surface area is 116 Å². The first kappa shape index (κ1) is 13.5. The predicted octanol–water partition coefficient (Wildman–Crippen LogP) is 3.57. The van der Waals surface area contributed by atoms with Gasteiger partial charge in [-0.15, -0.1) is 11.3 Å². The quantitative estimate of drug-likeness (QED) is 0.658. The van der Waals surface area contributed by atoms with E-state index in [-0.39, 0.29) is 0 Å². The molecule has 1 atom stereocenters. The number of nitrogens with two attached hydrogens (primary N) is 1. The van der Waals surface area contributed by atoms with Crippen LogP contribution >= 0.6 is 27.3 Å². The average Bonchev–Trinajstić information content (AvgIpc) is 2.55. The van der Waals surface area contributed by atoms with Gasteiger partial charge in [-0.05, 0) is 51.2 Å². The normalized spacial score (nSPS) is 23.6. The van der Waals surface area contributed by atoms with Crippen molar-refractivity contribution in [1.82, 2.24) is 5.43 Å². The minimum absolute atomic E-state index is 0.366. The molecule has 3 N–H and O–H groups in total. The predicted molar refractivity (Wildman–Crippen MR) is 77.9 cm³/mol. The van der Waals surface area contributed by atoms with Crippen LogP contribution in [0.2, 0.25) is 0 Å². The molecule has 0 saturated heterocycles. The number of hydrazine groups is 1. The SMILES string of the molecule is CC1(C)C(C(Cc2ccc(Br)s2)NN)C1(C)C. The number of hydrogen-bond acceptors (Lipinski definition) is 3. The first-order valence-electron chi connectivity index (χ1n) is 6.01. The van der Waals surface area contributed by atoms with Crippen LogP contribution in [0.4, 0.5) is 0 Å². The van der Waals surface area contributed by atoms with Crippen LogP contribution < -0.4 is 11.3 Å². The Morgan fingerprint density at radius 3 is 2.29 bits per heavy atom. The second-order valence-electron chi connectivity index (χ2n) is 6.10. The molecule has 0 spiro atoms. The van der Waals surface area contributed by atoms with Gasteiger partial charge in [-0.1, -0.05) is 27.7 Å². The van der Waals surface area contributed by atoms with E-state index in [2.05, 4.69) is 61.2 Å². The monoisotopic (exact) mass is 316 g/mol. The van der Waals surface area contributed by atoms with Gasteiger partial charge in [0, 0.05) is 10.9 Å². The van der Waals surface area contributed by atoms with Gasteiger partial charge in [-0.3, -0.25) is 11.3 Å². The van der Waals surface area contributed by atoms with Crippen LogP contribution in [0.5, 0.6) is 0 Å². The third kappa shape index (κ3) is 2.21. The van der Waals surface area contributed by atoms with Crippen LogP contribution in [0, 0.1) is 16.7 Å². The summed E-state index contributed by atoms with van der Waals surface area (Å²) in [7, 11) is 0. The van der Waals surface area contributed by atoms with Crippen molar-refractivity contribution in [3.8, 4) is 0 Å². The van der Waals surface area contributed by atoms with E-state index in [1.807, 2.05) is 0 Å². The van der Waals surface area contributed by atoms with E-state index in [4.69, 9.17) is 5.84 Å². The molecule has 2 nitrogen and oxygen atoms in total. The summed E-state index contributed by atoms with van der Waals surface area (Å²) >= 11 is 5.31. The fraction of sp³-hybridized carbons (Fsp3) is 0.692. The molecule has 0 bridgehead atoms. The minimum Gasteiger partial charge on any atom is -0.271 e. The van der Waals surface area contributed by atoms with Gasteiger partial charge >= 0.3 is 0 Å². The maximum absolute atomic E-state index is 5.75. The number of halogens is 1. The smallest absolute Gasteiger partial charge is 0.0701 e. The fourth-order valence-corrected chi connectivity index (χ4v) is 4.75. The Morgan fingerprint density at radius 1 is 1.35 bits per heavy atom. The summed E-state index contributed by atoms with van der Waals surface area (Å²) in [4.78, 5) is 1.39. The second kappa shape index (κ2) is 4.34. The van der Waals surface area contributed by atoms with Crippen molar-refractivity contribution in [1.29, 1.82) is 0 Å². The average molecular weight is 317 g/mol. The Morgan fingerprint density at radius 2 is 1.94 bits per heavy atom. The third-order valence-corrected chi connectivity index (χ3v) is 6.44. The van der Waals surface area contributed by atoms with E-state index < -0.39 is 0 Å². The van der Waals surface area contributed by atoms with Crippen molar-refractivity contribution in [2.45, 2.75) is 40.2 Å². The van der Waals surface area contributed by atoms with Gasteiger partial charge in [0.15, 0.2) is 0 Å². The first-order chi connectivity index (χ1) is 7.80. The van der Waals surface area contributed by atoms with Crippen LogP contribution in [-0.2, 0) is 6.42 Å². The lowest BCUT2D eigenvalue weighted by molar-refractivity contribution is 0.404. The van der Waals surface area contributed by atoms with E-state index >= 15 is 0 Å². The number of hydrogen-bond donors (Lipinski definition) is 2. The van der Waals surface area contributed by atoms with Crippen molar-refractivity contribution >= 4 is 27.3 Å². The third-order valence-electron chi connectivity index (χ3n) is 4.80. The van der Waals surface area contributed by atoms with Gasteiger partial charge in [-0.25, -0.2) is 0 Å². The Kier molecular flexibility index (Phi) is 3.45. The van der Waals surface area contributed by atoms with Gasteiger partial charge in [0.1, 0.15) is 0 Å². The molecule has 1 fully saturated rings. The zero-order valence-electron chi connectivity index (χ0n) is 10.9. The standard InChI is InChI=1S/C13H21BrN2S/c1-12(2)11(13(12,3)4)9(16-15)7-8-5-6-10(14)17-8/h5-6,9,11,16H,7,15H2,1-4H3. The van der Waals surface area contributed by atoms with E-state index in [0.29, 0.717) is 22.8 Å². The van der Waals surface area contributed by atoms with Gasteiger partial charge in [0.05, 0.1) is 3.79 Å². The van der Waals surface area contributed by atoms with Crippen molar-refractivity contribution in [2.24, 2.45) is 22.6 Å². The summed E-state index contributed by atoms with van der Waals surface area (Å²) in [5.74, 6) is 6.39. The Hall–Kier alpha value is 0.1000. The van der Waals surface area contributed by atoms with Gasteiger partial charge in [-0.2, -0.15) is 0 Å². The summed E-state index contributed by atoms with van der Waals surface area (Å²) in [5, 5.41) is 0. The number of thiophene rings is 1. The molecule has 0 aliphatic heterocycles. The highest BCUT2D eigenvalue weighted by Crippen LogP contribution is 2.69. The first-order valence-corrected chi connectivity index (χ1v) is 7.62. The minimum atomic E-state index is 0.366. The van der Waals surface area contributed by atoms with Crippen molar-refractivity contribution in [3.05, 3.63) is 20.8 Å². The molecule has 1 heterocycles. The highest BCUT2D eigenvalue weighted by Gasteiger charge is 2.66. The Balaban J connectivity index is 2.09. The topological polar surface area (TPSA) is 38.0 Å². The Bertz CT molecular complexity index is 397. The molecule has 17 heavy (non-hydrogen) atoms. The largest absolute Gasteiger partial charge is 0.271 e. The molecular weight excluding hydrogens is 296 g/mol. The van der Waals surface area contributed by atoms with Crippen molar-refractivity contribution < 1.29 is 0 Å². The lowest BCUT2D eigenvalue weighted by atomic mass is 10.0. The molecule has 4 heteroatoms. The zero-order valence-corrected chi connectivity index (χ0v) is 13.3. The van der Waals surface area contributed by atoms with E-state index in [9.17, 15) is 0 Å². The molecule has 1 unspecified atom stereocenters.